The van der Waals surface area contributed by atoms with E-state index < -0.39 is 0 Å². The third-order valence-corrected chi connectivity index (χ3v) is 3.68. The second-order valence-corrected chi connectivity index (χ2v) is 5.71. The summed E-state index contributed by atoms with van der Waals surface area (Å²) in [6.07, 6.45) is 2.71. The number of carbonyl (C=O) groups excluding carboxylic acids is 1. The van der Waals surface area contributed by atoms with Crippen LogP contribution in [0, 0.1) is 12.8 Å². The number of hydrogen-bond donors (Lipinski definition) is 1. The maximum atomic E-state index is 11.9. The Bertz CT molecular complexity index is 428. The summed E-state index contributed by atoms with van der Waals surface area (Å²) in [6.45, 7) is 3.54. The summed E-state index contributed by atoms with van der Waals surface area (Å²) in [4.78, 5) is 11.9. The Kier molecular flexibility index (Phi) is 4.78. The topological polar surface area (TPSA) is 38.3 Å². The number of rotatable bonds is 3. The van der Waals surface area contributed by atoms with Gasteiger partial charge in [-0.3, -0.25) is 4.79 Å². The van der Waals surface area contributed by atoms with E-state index in [2.05, 4.69) is 21.2 Å². The summed E-state index contributed by atoms with van der Waals surface area (Å²) in [6, 6.07) is 5.86. The van der Waals surface area contributed by atoms with E-state index >= 15 is 0 Å². The lowest BCUT2D eigenvalue weighted by molar-refractivity contribution is -0.118. The largest absolute Gasteiger partial charge is 0.381 e. The molecular weight excluding hydrogens is 294 g/mol. The summed E-state index contributed by atoms with van der Waals surface area (Å²) in [5.41, 5.74) is 1.96. The molecule has 1 fully saturated rings. The van der Waals surface area contributed by atoms with Crippen LogP contribution in [-0.4, -0.2) is 19.1 Å². The molecular formula is C14H18BrNO2. The number of halogens is 1. The summed E-state index contributed by atoms with van der Waals surface area (Å²) in [5, 5.41) is 2.97. The van der Waals surface area contributed by atoms with Crippen LogP contribution >= 0.6 is 15.9 Å². The van der Waals surface area contributed by atoms with Crippen LogP contribution in [0.3, 0.4) is 0 Å². The first kappa shape index (κ1) is 13.6. The van der Waals surface area contributed by atoms with Crippen LogP contribution < -0.4 is 5.32 Å². The third kappa shape index (κ3) is 3.82. The highest BCUT2D eigenvalue weighted by Gasteiger charge is 2.17. The minimum atomic E-state index is 0.0796. The standard InChI is InChI=1S/C14H18BrNO2/c1-10-7-12(15)4-5-13(10)16-14(17)8-11-3-2-6-18-9-11/h4-5,7,11H,2-3,6,8-9H2,1H3,(H,16,17). The highest BCUT2D eigenvalue weighted by atomic mass is 79.9. The zero-order valence-electron chi connectivity index (χ0n) is 10.5. The fraction of sp³-hybridized carbons (Fsp3) is 0.500. The molecule has 1 aromatic carbocycles. The van der Waals surface area contributed by atoms with Gasteiger partial charge in [-0.05, 0) is 49.4 Å². The van der Waals surface area contributed by atoms with Crippen molar-refractivity contribution < 1.29 is 9.53 Å². The molecule has 0 aliphatic carbocycles. The lowest BCUT2D eigenvalue weighted by Gasteiger charge is -2.21. The summed E-state index contributed by atoms with van der Waals surface area (Å²) in [7, 11) is 0. The van der Waals surface area contributed by atoms with Crippen molar-refractivity contribution in [2.45, 2.75) is 26.2 Å². The first-order chi connectivity index (χ1) is 8.65. The summed E-state index contributed by atoms with van der Waals surface area (Å²) < 4.78 is 6.41. The first-order valence-corrected chi connectivity index (χ1v) is 7.08. The SMILES string of the molecule is Cc1cc(Br)ccc1NC(=O)CC1CCCOC1. The number of benzene rings is 1. The molecule has 98 valence electrons. The number of nitrogens with one attached hydrogen (secondary N) is 1. The minimum absolute atomic E-state index is 0.0796. The van der Waals surface area contributed by atoms with Crippen molar-refractivity contribution in [2.24, 2.45) is 5.92 Å². The Morgan fingerprint density at radius 1 is 1.56 bits per heavy atom. The summed E-state index contributed by atoms with van der Waals surface area (Å²) >= 11 is 3.41. The molecule has 1 N–H and O–H groups in total. The molecule has 2 rings (SSSR count). The Balaban J connectivity index is 1.90. The van der Waals surface area contributed by atoms with Gasteiger partial charge in [-0.25, -0.2) is 0 Å². The number of amides is 1. The number of anilines is 1. The van der Waals surface area contributed by atoms with E-state index in [-0.39, 0.29) is 5.91 Å². The van der Waals surface area contributed by atoms with Crippen LogP contribution in [0.2, 0.25) is 0 Å². The Hall–Kier alpha value is -0.870. The van der Waals surface area contributed by atoms with Gasteiger partial charge in [0.05, 0.1) is 0 Å². The Labute approximate surface area is 116 Å². The van der Waals surface area contributed by atoms with E-state index in [9.17, 15) is 4.79 Å². The smallest absolute Gasteiger partial charge is 0.224 e. The monoisotopic (exact) mass is 311 g/mol. The lowest BCUT2D eigenvalue weighted by atomic mass is 9.98. The number of hydrogen-bond acceptors (Lipinski definition) is 2. The van der Waals surface area contributed by atoms with Gasteiger partial charge in [0.25, 0.3) is 0 Å². The molecule has 0 bridgehead atoms. The highest BCUT2D eigenvalue weighted by Crippen LogP contribution is 2.22. The molecule has 3 nitrogen and oxygen atoms in total. The number of carbonyl (C=O) groups is 1. The van der Waals surface area contributed by atoms with E-state index in [1.807, 2.05) is 25.1 Å². The van der Waals surface area contributed by atoms with Gasteiger partial charge in [0.1, 0.15) is 0 Å². The van der Waals surface area contributed by atoms with Crippen molar-refractivity contribution >= 4 is 27.5 Å². The second kappa shape index (κ2) is 6.34. The molecule has 18 heavy (non-hydrogen) atoms. The predicted octanol–water partition coefficient (Wildman–Crippen LogP) is 3.51. The van der Waals surface area contributed by atoms with Gasteiger partial charge in [0, 0.05) is 29.8 Å². The van der Waals surface area contributed by atoms with Gasteiger partial charge in [0.2, 0.25) is 5.91 Å². The molecule has 1 aliphatic rings. The van der Waals surface area contributed by atoms with Crippen LogP contribution in [0.25, 0.3) is 0 Å². The fourth-order valence-corrected chi connectivity index (χ4v) is 2.67. The highest BCUT2D eigenvalue weighted by molar-refractivity contribution is 9.10. The molecule has 0 aromatic heterocycles. The lowest BCUT2D eigenvalue weighted by Crippen LogP contribution is -2.23. The van der Waals surface area contributed by atoms with Gasteiger partial charge in [-0.1, -0.05) is 15.9 Å². The van der Waals surface area contributed by atoms with Crippen molar-refractivity contribution in [1.82, 2.24) is 0 Å². The number of ether oxygens (including phenoxy) is 1. The van der Waals surface area contributed by atoms with Crippen molar-refractivity contribution in [2.75, 3.05) is 18.5 Å². The number of aryl methyl sites for hydroxylation is 1. The van der Waals surface area contributed by atoms with E-state index in [1.165, 1.54) is 0 Å². The van der Waals surface area contributed by atoms with Gasteiger partial charge in [0.15, 0.2) is 0 Å². The molecule has 1 aromatic rings. The quantitative estimate of drug-likeness (QED) is 0.927. The molecule has 0 saturated carbocycles. The average Bonchev–Trinajstić information content (AvgIpc) is 2.34. The van der Waals surface area contributed by atoms with Gasteiger partial charge >= 0.3 is 0 Å². The van der Waals surface area contributed by atoms with Crippen LogP contribution in [-0.2, 0) is 9.53 Å². The van der Waals surface area contributed by atoms with Gasteiger partial charge < -0.3 is 10.1 Å². The fourth-order valence-electron chi connectivity index (χ4n) is 2.20. The van der Waals surface area contributed by atoms with E-state index in [1.54, 1.807) is 0 Å². The molecule has 1 aliphatic heterocycles. The molecule has 1 saturated heterocycles. The second-order valence-electron chi connectivity index (χ2n) is 4.79. The molecule has 0 radical (unpaired) electrons. The van der Waals surface area contributed by atoms with Gasteiger partial charge in [-0.15, -0.1) is 0 Å². The van der Waals surface area contributed by atoms with Crippen molar-refractivity contribution in [3.05, 3.63) is 28.2 Å². The van der Waals surface area contributed by atoms with Crippen LogP contribution in [0.4, 0.5) is 5.69 Å². The zero-order valence-corrected chi connectivity index (χ0v) is 12.1. The molecule has 1 amide bonds. The molecule has 1 heterocycles. The maximum absolute atomic E-state index is 11.9. The maximum Gasteiger partial charge on any atom is 0.224 e. The molecule has 4 heteroatoms. The zero-order chi connectivity index (χ0) is 13.0. The Morgan fingerprint density at radius 3 is 3.06 bits per heavy atom. The van der Waals surface area contributed by atoms with Crippen LogP contribution in [0.5, 0.6) is 0 Å². The normalized spacial score (nSPS) is 19.6. The van der Waals surface area contributed by atoms with E-state index in [0.29, 0.717) is 18.9 Å². The predicted molar refractivity (Wildman–Crippen MR) is 75.7 cm³/mol. The van der Waals surface area contributed by atoms with E-state index in [0.717, 1.165) is 35.2 Å². The molecule has 0 spiro atoms. The molecule has 1 atom stereocenters. The van der Waals surface area contributed by atoms with Crippen molar-refractivity contribution in [3.8, 4) is 0 Å². The molecule has 1 unspecified atom stereocenters. The van der Waals surface area contributed by atoms with Crippen molar-refractivity contribution in [3.63, 3.8) is 0 Å². The van der Waals surface area contributed by atoms with Crippen LogP contribution in [0.15, 0.2) is 22.7 Å². The average molecular weight is 312 g/mol. The summed E-state index contributed by atoms with van der Waals surface area (Å²) in [5.74, 6) is 0.449. The first-order valence-electron chi connectivity index (χ1n) is 6.29. The third-order valence-electron chi connectivity index (χ3n) is 3.19. The van der Waals surface area contributed by atoms with Crippen LogP contribution in [0.1, 0.15) is 24.8 Å². The van der Waals surface area contributed by atoms with Crippen molar-refractivity contribution in [1.29, 1.82) is 0 Å². The van der Waals surface area contributed by atoms with E-state index in [4.69, 9.17) is 4.74 Å². The van der Waals surface area contributed by atoms with Gasteiger partial charge in [-0.2, -0.15) is 0 Å². The minimum Gasteiger partial charge on any atom is -0.381 e. The Morgan fingerprint density at radius 2 is 2.39 bits per heavy atom.